The molecule has 0 spiro atoms. The molecule has 12 aromatic heterocycles. The maximum atomic E-state index is 6.43. The Labute approximate surface area is 857 Å². The van der Waals surface area contributed by atoms with E-state index in [1.165, 1.54) is 5.39 Å². The van der Waals surface area contributed by atoms with Crippen LogP contribution in [0.4, 0.5) is 0 Å². The first-order valence-electron chi connectivity index (χ1n) is 49.7. The van der Waals surface area contributed by atoms with E-state index < -0.39 is 0 Å². The molecule has 0 aliphatic rings. The van der Waals surface area contributed by atoms with Gasteiger partial charge in [0.25, 0.3) is 0 Å². The van der Waals surface area contributed by atoms with E-state index in [1.807, 2.05) is 255 Å². The van der Waals surface area contributed by atoms with Gasteiger partial charge in [0.05, 0.1) is 68.8 Å². The van der Waals surface area contributed by atoms with E-state index >= 15 is 0 Å². The second kappa shape index (κ2) is 36.9. The predicted molar refractivity (Wildman–Crippen MR) is 603 cm³/mol. The molecule has 0 amide bonds. The molecule has 0 atom stereocenters. The van der Waals surface area contributed by atoms with Gasteiger partial charge in [-0.05, 0) is 114 Å². The lowest BCUT2D eigenvalue weighted by atomic mass is 10.0. The van der Waals surface area contributed by atoms with Crippen molar-refractivity contribution in [3.8, 4) is 153 Å². The molecule has 0 bridgehead atoms. The minimum atomic E-state index is 0.524. The molecule has 0 aliphatic heterocycles. The Bertz CT molecular complexity index is 10300. The summed E-state index contributed by atoms with van der Waals surface area (Å²) in [5.74, 6) is 5.34. The predicted octanol–water partition coefficient (Wildman–Crippen LogP) is 32.8. The molecule has 30 aromatic rings. The normalized spacial score (nSPS) is 11.6. The number of pyridine rings is 3. The van der Waals surface area contributed by atoms with Crippen molar-refractivity contribution < 1.29 is 13.3 Å². The van der Waals surface area contributed by atoms with Crippen LogP contribution in [0, 0.1) is 0 Å². The van der Waals surface area contributed by atoms with Gasteiger partial charge in [0.15, 0.2) is 52.4 Å². The van der Waals surface area contributed by atoms with Gasteiger partial charge in [0.1, 0.15) is 39.2 Å². The third-order valence-electron chi connectivity index (χ3n) is 28.0. The lowest BCUT2D eigenvalue weighted by molar-refractivity contribution is 0.669. The molecule has 0 saturated carbocycles. The Morgan fingerprint density at radius 2 is 0.473 bits per heavy atom. The van der Waals surface area contributed by atoms with Crippen molar-refractivity contribution >= 4 is 131 Å². The zero-order chi connectivity index (χ0) is 99.1. The van der Waals surface area contributed by atoms with Crippen LogP contribution >= 0.6 is 0 Å². The molecule has 12 heterocycles. The number of fused-ring (bicyclic) bond motifs is 18. The van der Waals surface area contributed by atoms with E-state index in [1.54, 1.807) is 6.20 Å². The molecule has 18 aromatic carbocycles. The molecule has 18 heteroatoms. The van der Waals surface area contributed by atoms with Gasteiger partial charge in [-0.2, -0.15) is 0 Å². The molecular formula is C132H81N15O3. The maximum Gasteiger partial charge on any atom is 0.182 e. The Kier molecular flexibility index (Phi) is 21.4. The van der Waals surface area contributed by atoms with Gasteiger partial charge < -0.3 is 27.0 Å². The summed E-state index contributed by atoms with van der Waals surface area (Å²) in [6.07, 6.45) is 9.32. The molecule has 0 saturated heterocycles. The van der Waals surface area contributed by atoms with Crippen LogP contribution in [0.25, 0.3) is 284 Å². The summed E-state index contributed by atoms with van der Waals surface area (Å²) in [7, 11) is 0. The molecule has 30 rings (SSSR count). The number of benzene rings is 18. The highest BCUT2D eigenvalue weighted by molar-refractivity contribution is 6.18. The van der Waals surface area contributed by atoms with Crippen molar-refractivity contribution in [3.05, 3.63) is 492 Å². The van der Waals surface area contributed by atoms with Crippen LogP contribution in [0.1, 0.15) is 0 Å². The SMILES string of the molecule is c1ccc(-c2nc(-c3ccccc3)nc(-c3ccc(-n4c5ccccc5c5cc(-c6cccc7c6oc6ccccc67)ccc54)cn3)n2)cc1.c1ccc(-c2nc(-c3ccccc3)nc(-c3ccncc3-n3c4ccccc4c4cc(-c5cccc6c5oc5ccccc56)ccc43)n2)cc1.c1ccc(-c2nc(-c3ccccc3)nc(-c3cncc(-n4c5ccccc5c5cc(-c6cccc7c6oc6ccccc67)ccc54)c3)n2)cc1. The number of rotatable bonds is 15. The molecule has 702 valence electrons. The van der Waals surface area contributed by atoms with Gasteiger partial charge in [-0.3, -0.25) is 15.0 Å². The smallest absolute Gasteiger partial charge is 0.182 e. The molecule has 0 radical (unpaired) electrons. The van der Waals surface area contributed by atoms with Gasteiger partial charge in [0.2, 0.25) is 0 Å². The van der Waals surface area contributed by atoms with E-state index in [4.69, 9.17) is 68.1 Å². The van der Waals surface area contributed by atoms with Crippen LogP contribution in [-0.4, -0.2) is 73.5 Å². The minimum absolute atomic E-state index is 0.524. The molecule has 150 heavy (non-hydrogen) atoms. The Balaban J connectivity index is 0.000000108. The van der Waals surface area contributed by atoms with Crippen LogP contribution in [-0.2, 0) is 0 Å². The van der Waals surface area contributed by atoms with Crippen LogP contribution in [0.2, 0.25) is 0 Å². The number of furan rings is 3. The molecular weight excluding hydrogens is 1840 g/mol. The molecule has 0 aliphatic carbocycles. The lowest BCUT2D eigenvalue weighted by Crippen LogP contribution is -2.04. The first-order valence-corrected chi connectivity index (χ1v) is 49.7. The van der Waals surface area contributed by atoms with Crippen LogP contribution in [0.5, 0.6) is 0 Å². The number of nitrogens with zero attached hydrogens (tertiary/aromatic N) is 15. The number of aromatic nitrogens is 15. The van der Waals surface area contributed by atoms with E-state index in [0.717, 1.165) is 221 Å². The van der Waals surface area contributed by atoms with Crippen molar-refractivity contribution in [2.45, 2.75) is 0 Å². The van der Waals surface area contributed by atoms with E-state index in [9.17, 15) is 0 Å². The summed E-state index contributed by atoms with van der Waals surface area (Å²) in [5, 5.41) is 13.6. The molecule has 18 nitrogen and oxygen atoms in total. The second-order valence-electron chi connectivity index (χ2n) is 36.9. The van der Waals surface area contributed by atoms with Crippen molar-refractivity contribution in [1.29, 1.82) is 0 Å². The summed E-state index contributed by atoms with van der Waals surface area (Å²) in [4.78, 5) is 58.6. The Hall–Kier alpha value is -20.8. The number of hydrogen-bond acceptors (Lipinski definition) is 15. The fraction of sp³-hybridized carbons (Fsp3) is 0. The van der Waals surface area contributed by atoms with Crippen LogP contribution in [0.3, 0.4) is 0 Å². The summed E-state index contributed by atoms with van der Waals surface area (Å²) in [5.41, 5.74) is 29.0. The third kappa shape index (κ3) is 15.5. The first-order chi connectivity index (χ1) is 74.4. The van der Waals surface area contributed by atoms with E-state index in [0.29, 0.717) is 58.1 Å². The molecule has 0 fully saturated rings. The van der Waals surface area contributed by atoms with Crippen molar-refractivity contribution in [2.75, 3.05) is 0 Å². The quantitative estimate of drug-likeness (QED) is 0.0935. The van der Waals surface area contributed by atoms with Crippen LogP contribution < -0.4 is 0 Å². The van der Waals surface area contributed by atoms with Gasteiger partial charge in [-0.1, -0.05) is 364 Å². The third-order valence-corrected chi connectivity index (χ3v) is 28.0. The largest absolute Gasteiger partial charge is 0.455 e. The zero-order valence-corrected chi connectivity index (χ0v) is 80.2. The van der Waals surface area contributed by atoms with E-state index in [2.05, 4.69) is 249 Å². The summed E-state index contributed by atoms with van der Waals surface area (Å²) < 4.78 is 26.0. The minimum Gasteiger partial charge on any atom is -0.455 e. The van der Waals surface area contributed by atoms with Crippen LogP contribution in [0.15, 0.2) is 505 Å². The summed E-state index contributed by atoms with van der Waals surface area (Å²) in [6, 6.07) is 158. The van der Waals surface area contributed by atoms with E-state index in [-0.39, 0.29) is 0 Å². The second-order valence-corrected chi connectivity index (χ2v) is 36.9. The van der Waals surface area contributed by atoms with Crippen molar-refractivity contribution in [3.63, 3.8) is 0 Å². The van der Waals surface area contributed by atoms with Gasteiger partial charge in [0, 0.05) is 138 Å². The average molecular weight is 1930 g/mol. The standard InChI is InChI=1S/3C44H27N5O/c1-3-12-28(13-4-1)42-46-43(29-14-5-2-6-15-29)48-44(47-42)37-24-23-31(27-45-37)49-38-20-9-7-16-33(38)36-26-30(22-25-39(36)49)32-18-11-19-35-34-17-8-10-21-40(34)50-41(32)35;1-3-12-28(13-4-1)42-46-43(29-14-5-2-6-15-29)48-44(47-42)31-24-32(27-45-26-31)49-38-20-9-7-16-34(38)37-25-30(22-23-39(37)49)33-18-11-19-36-35-17-8-10-21-40(35)50-41(33)36;1-3-12-28(13-4-1)42-46-43(29-14-5-2-6-15-29)48-44(47-42)35-24-25-45-27-39(35)49-37-20-9-7-16-32(37)36-26-30(22-23-38(36)49)31-18-11-19-34-33-17-8-10-21-40(33)50-41(31)34/h3*1-27H. The average Bonchev–Trinajstić information content (AvgIpc) is 1.59. The number of para-hydroxylation sites is 9. The highest BCUT2D eigenvalue weighted by atomic mass is 16.3. The van der Waals surface area contributed by atoms with Gasteiger partial charge in [-0.15, -0.1) is 0 Å². The maximum absolute atomic E-state index is 6.43. The Morgan fingerprint density at radius 3 is 0.847 bits per heavy atom. The fourth-order valence-electron chi connectivity index (χ4n) is 21.0. The van der Waals surface area contributed by atoms with Gasteiger partial charge in [-0.25, -0.2) is 44.9 Å². The van der Waals surface area contributed by atoms with Crippen molar-refractivity contribution in [2.24, 2.45) is 0 Å². The van der Waals surface area contributed by atoms with Crippen molar-refractivity contribution in [1.82, 2.24) is 73.5 Å². The molecule has 0 N–H and O–H groups in total. The summed E-state index contributed by atoms with van der Waals surface area (Å²) in [6.45, 7) is 0. The monoisotopic (exact) mass is 1920 g/mol. The fourth-order valence-corrected chi connectivity index (χ4v) is 21.0. The number of hydrogen-bond donors (Lipinski definition) is 0. The first kappa shape index (κ1) is 87.1. The zero-order valence-electron chi connectivity index (χ0n) is 80.2. The Morgan fingerprint density at radius 1 is 0.167 bits per heavy atom. The summed E-state index contributed by atoms with van der Waals surface area (Å²) >= 11 is 0. The highest BCUT2D eigenvalue weighted by Gasteiger charge is 2.27. The van der Waals surface area contributed by atoms with Gasteiger partial charge >= 0.3 is 0 Å². The topological polar surface area (TPSA) is 209 Å². The lowest BCUT2D eigenvalue weighted by Gasteiger charge is -2.14. The highest BCUT2D eigenvalue weighted by Crippen LogP contribution is 2.47. The molecule has 0 unspecified atom stereocenters.